The van der Waals surface area contributed by atoms with Gasteiger partial charge in [0.15, 0.2) is 0 Å². The molecule has 0 radical (unpaired) electrons. The first-order valence-electron chi connectivity index (χ1n) is 7.64. The van der Waals surface area contributed by atoms with Crippen LogP contribution in [0.2, 0.25) is 10.0 Å². The molecule has 1 N–H and O–H groups in total. The van der Waals surface area contributed by atoms with Gasteiger partial charge in [0.05, 0.1) is 6.54 Å². The van der Waals surface area contributed by atoms with Crippen LogP contribution in [0.15, 0.2) is 18.2 Å². The molecule has 0 aliphatic carbocycles. The summed E-state index contributed by atoms with van der Waals surface area (Å²) in [4.78, 5) is 27.6. The Morgan fingerprint density at radius 3 is 2.22 bits per heavy atom. The predicted molar refractivity (Wildman–Crippen MR) is 93.4 cm³/mol. The smallest absolute Gasteiger partial charge is 0.223 e. The molecule has 7 heteroatoms. The fourth-order valence-corrected chi connectivity index (χ4v) is 3.14. The van der Waals surface area contributed by atoms with Gasteiger partial charge in [0.2, 0.25) is 5.91 Å². The van der Waals surface area contributed by atoms with Gasteiger partial charge in [-0.1, -0.05) is 23.2 Å². The zero-order chi connectivity index (χ0) is 16.8. The third-order valence-corrected chi connectivity index (χ3v) is 4.27. The van der Waals surface area contributed by atoms with Crippen LogP contribution >= 0.6 is 23.2 Å². The first-order valence-corrected chi connectivity index (χ1v) is 8.40. The highest BCUT2D eigenvalue weighted by Crippen LogP contribution is 2.26. The summed E-state index contributed by atoms with van der Waals surface area (Å²) in [6.07, 6.45) is 0.577. The molecule has 1 aliphatic heterocycles. The molecule has 0 unspecified atom stereocenters. The molecule has 1 amide bonds. The van der Waals surface area contributed by atoms with Crippen molar-refractivity contribution in [3.63, 3.8) is 0 Å². The van der Waals surface area contributed by atoms with Crippen molar-refractivity contribution in [2.24, 2.45) is 0 Å². The standard InChI is InChI=1S/C16H21Cl2N3O2/c1-19-11-15(22)2-3-16(23)21-6-4-20(5-7-21)14-9-12(17)8-13(18)10-14/h8-10,19H,2-7,11H2,1H3. The van der Waals surface area contributed by atoms with Gasteiger partial charge in [0, 0.05) is 54.8 Å². The number of carbonyl (C=O) groups is 2. The molecule has 1 aliphatic rings. The molecule has 0 aromatic heterocycles. The van der Waals surface area contributed by atoms with E-state index in [4.69, 9.17) is 23.2 Å². The van der Waals surface area contributed by atoms with E-state index in [0.717, 1.165) is 18.8 Å². The number of rotatable bonds is 6. The minimum atomic E-state index is 0.0400. The van der Waals surface area contributed by atoms with E-state index >= 15 is 0 Å². The summed E-state index contributed by atoms with van der Waals surface area (Å²) >= 11 is 12.1. The maximum atomic E-state index is 12.2. The molecule has 0 saturated carbocycles. The van der Waals surface area contributed by atoms with Crippen molar-refractivity contribution in [1.29, 1.82) is 0 Å². The molecular weight excluding hydrogens is 337 g/mol. The van der Waals surface area contributed by atoms with E-state index in [1.54, 1.807) is 13.1 Å². The van der Waals surface area contributed by atoms with Crippen molar-refractivity contribution in [2.75, 3.05) is 44.7 Å². The van der Waals surface area contributed by atoms with Crippen LogP contribution in [0.3, 0.4) is 0 Å². The molecule has 0 atom stereocenters. The zero-order valence-electron chi connectivity index (χ0n) is 13.1. The average molecular weight is 358 g/mol. The van der Waals surface area contributed by atoms with E-state index in [1.165, 1.54) is 0 Å². The van der Waals surface area contributed by atoms with Crippen LogP contribution in [-0.4, -0.2) is 56.4 Å². The van der Waals surface area contributed by atoms with Gasteiger partial charge in [-0.15, -0.1) is 0 Å². The number of halogens is 2. The highest BCUT2D eigenvalue weighted by molar-refractivity contribution is 6.35. The lowest BCUT2D eigenvalue weighted by Gasteiger charge is -2.36. The second kappa shape index (κ2) is 8.52. The minimum absolute atomic E-state index is 0.0400. The van der Waals surface area contributed by atoms with Crippen LogP contribution in [0, 0.1) is 0 Å². The van der Waals surface area contributed by atoms with Crippen LogP contribution < -0.4 is 10.2 Å². The Labute approximate surface area is 146 Å². The summed E-state index contributed by atoms with van der Waals surface area (Å²) in [5.74, 6) is 0.103. The van der Waals surface area contributed by atoms with Crippen molar-refractivity contribution in [2.45, 2.75) is 12.8 Å². The van der Waals surface area contributed by atoms with Crippen molar-refractivity contribution in [3.05, 3.63) is 28.2 Å². The Bertz CT molecular complexity index is 552. The van der Waals surface area contributed by atoms with Gasteiger partial charge >= 0.3 is 0 Å². The lowest BCUT2D eigenvalue weighted by atomic mass is 10.2. The Morgan fingerprint density at radius 1 is 1.04 bits per heavy atom. The number of Topliss-reactive ketones (excluding diaryl/α,β-unsaturated/α-hetero) is 1. The van der Waals surface area contributed by atoms with Crippen LogP contribution in [0.25, 0.3) is 0 Å². The van der Waals surface area contributed by atoms with Gasteiger partial charge in [-0.3, -0.25) is 9.59 Å². The first-order chi connectivity index (χ1) is 11.0. The van der Waals surface area contributed by atoms with E-state index in [0.29, 0.717) is 36.1 Å². The normalized spacial score (nSPS) is 14.9. The third kappa shape index (κ3) is 5.37. The zero-order valence-corrected chi connectivity index (χ0v) is 14.7. The van der Waals surface area contributed by atoms with Gasteiger partial charge in [-0.25, -0.2) is 0 Å². The molecule has 23 heavy (non-hydrogen) atoms. The van der Waals surface area contributed by atoms with Gasteiger partial charge in [-0.05, 0) is 25.2 Å². The van der Waals surface area contributed by atoms with Crippen molar-refractivity contribution >= 4 is 40.6 Å². The molecule has 0 bridgehead atoms. The largest absolute Gasteiger partial charge is 0.368 e. The van der Waals surface area contributed by atoms with Gasteiger partial charge in [-0.2, -0.15) is 0 Å². The molecule has 1 aromatic carbocycles. The van der Waals surface area contributed by atoms with E-state index in [1.807, 2.05) is 17.0 Å². The number of piperazine rings is 1. The number of carbonyl (C=O) groups excluding carboxylic acids is 2. The summed E-state index contributed by atoms with van der Waals surface area (Å²) in [5, 5.41) is 4.01. The van der Waals surface area contributed by atoms with Crippen molar-refractivity contribution < 1.29 is 9.59 Å². The number of nitrogens with one attached hydrogen (secondary N) is 1. The van der Waals surface area contributed by atoms with E-state index in [-0.39, 0.29) is 18.1 Å². The van der Waals surface area contributed by atoms with Crippen molar-refractivity contribution in [1.82, 2.24) is 10.2 Å². The number of likely N-dealkylation sites (N-methyl/N-ethyl adjacent to an activating group) is 1. The Morgan fingerprint density at radius 2 is 1.65 bits per heavy atom. The van der Waals surface area contributed by atoms with E-state index in [9.17, 15) is 9.59 Å². The number of ketones is 1. The van der Waals surface area contributed by atoms with Gasteiger partial charge < -0.3 is 15.1 Å². The molecule has 0 spiro atoms. The van der Waals surface area contributed by atoms with Crippen LogP contribution in [0.4, 0.5) is 5.69 Å². The SMILES string of the molecule is CNCC(=O)CCC(=O)N1CCN(c2cc(Cl)cc(Cl)c2)CC1. The first kappa shape index (κ1) is 18.0. The lowest BCUT2D eigenvalue weighted by Crippen LogP contribution is -2.48. The third-order valence-electron chi connectivity index (χ3n) is 3.84. The van der Waals surface area contributed by atoms with Crippen LogP contribution in [0.1, 0.15) is 12.8 Å². The second-order valence-electron chi connectivity index (χ2n) is 5.56. The predicted octanol–water partition coefficient (Wildman–Crippen LogP) is 2.21. The quantitative estimate of drug-likeness (QED) is 0.847. The highest BCUT2D eigenvalue weighted by Gasteiger charge is 2.22. The summed E-state index contributed by atoms with van der Waals surface area (Å²) in [5.41, 5.74) is 0.971. The molecule has 2 rings (SSSR count). The molecule has 1 fully saturated rings. The van der Waals surface area contributed by atoms with Crippen molar-refractivity contribution in [3.8, 4) is 0 Å². The molecule has 5 nitrogen and oxygen atoms in total. The number of hydrogen-bond donors (Lipinski definition) is 1. The fourth-order valence-electron chi connectivity index (χ4n) is 2.63. The summed E-state index contributed by atoms with van der Waals surface area (Å²) < 4.78 is 0. The maximum absolute atomic E-state index is 12.2. The number of amides is 1. The number of nitrogens with zero attached hydrogens (tertiary/aromatic N) is 2. The molecule has 1 aromatic rings. The van der Waals surface area contributed by atoms with E-state index in [2.05, 4.69) is 10.2 Å². The number of benzene rings is 1. The Kier molecular flexibility index (Phi) is 6.69. The molecule has 1 saturated heterocycles. The Balaban J connectivity index is 1.83. The van der Waals surface area contributed by atoms with Crippen LogP contribution in [-0.2, 0) is 9.59 Å². The number of anilines is 1. The summed E-state index contributed by atoms with van der Waals surface area (Å²) in [6.45, 7) is 3.06. The average Bonchev–Trinajstić information content (AvgIpc) is 2.52. The topological polar surface area (TPSA) is 52.7 Å². The second-order valence-corrected chi connectivity index (χ2v) is 6.44. The molecule has 1 heterocycles. The van der Waals surface area contributed by atoms with E-state index < -0.39 is 0 Å². The van der Waals surface area contributed by atoms with Crippen LogP contribution in [0.5, 0.6) is 0 Å². The Hall–Kier alpha value is -1.30. The van der Waals surface area contributed by atoms with Gasteiger partial charge in [0.1, 0.15) is 5.78 Å². The highest BCUT2D eigenvalue weighted by atomic mass is 35.5. The van der Waals surface area contributed by atoms with Gasteiger partial charge in [0.25, 0.3) is 0 Å². The monoisotopic (exact) mass is 357 g/mol. The fraction of sp³-hybridized carbons (Fsp3) is 0.500. The summed E-state index contributed by atoms with van der Waals surface area (Å²) in [7, 11) is 1.72. The lowest BCUT2D eigenvalue weighted by molar-refractivity contribution is -0.133. The molecular formula is C16H21Cl2N3O2. The summed E-state index contributed by atoms with van der Waals surface area (Å²) in [6, 6.07) is 5.46. The maximum Gasteiger partial charge on any atom is 0.223 e. The molecule has 126 valence electrons. The number of hydrogen-bond acceptors (Lipinski definition) is 4. The minimum Gasteiger partial charge on any atom is -0.368 e.